The summed E-state index contributed by atoms with van der Waals surface area (Å²) in [6.07, 6.45) is 4.41. The first kappa shape index (κ1) is 14.0. The predicted octanol–water partition coefficient (Wildman–Crippen LogP) is 4.23. The van der Waals surface area contributed by atoms with E-state index < -0.39 is 11.6 Å². The molecule has 1 saturated carbocycles. The van der Waals surface area contributed by atoms with Gasteiger partial charge in [0.1, 0.15) is 11.6 Å². The number of hydrogen-bond acceptors (Lipinski definition) is 2. The highest BCUT2D eigenvalue weighted by molar-refractivity contribution is 5.76. The third-order valence-electron chi connectivity index (χ3n) is 4.40. The summed E-state index contributed by atoms with van der Waals surface area (Å²) in [5.41, 5.74) is 7.92. The Morgan fingerprint density at radius 3 is 2.33 bits per heavy atom. The standard InChI is InChI=1S/C16H19F2N3/c1-9-2-4-10(5-3-9)15-14(16(19)21-20-15)11-6-12(17)8-13(18)7-11/h6-10H,2-5H2,1H3,(H3,19,20,21). The number of benzene rings is 1. The van der Waals surface area contributed by atoms with Crippen molar-refractivity contribution < 1.29 is 8.78 Å². The molecule has 0 bridgehead atoms. The van der Waals surface area contributed by atoms with Crippen molar-refractivity contribution in [1.82, 2.24) is 10.2 Å². The number of hydrogen-bond donors (Lipinski definition) is 2. The number of anilines is 1. The zero-order chi connectivity index (χ0) is 15.0. The summed E-state index contributed by atoms with van der Waals surface area (Å²) in [5, 5.41) is 7.03. The van der Waals surface area contributed by atoms with E-state index >= 15 is 0 Å². The van der Waals surface area contributed by atoms with Gasteiger partial charge in [0.2, 0.25) is 0 Å². The van der Waals surface area contributed by atoms with Crippen molar-refractivity contribution in [2.24, 2.45) is 5.92 Å². The van der Waals surface area contributed by atoms with Crippen LogP contribution in [0.15, 0.2) is 18.2 Å². The van der Waals surface area contributed by atoms with Gasteiger partial charge in [0.15, 0.2) is 5.82 Å². The van der Waals surface area contributed by atoms with Crippen LogP contribution in [0.2, 0.25) is 0 Å². The number of nitrogens with two attached hydrogens (primary N) is 1. The number of nitrogens with zero attached hydrogens (tertiary/aromatic N) is 1. The van der Waals surface area contributed by atoms with E-state index in [-0.39, 0.29) is 0 Å². The fourth-order valence-corrected chi connectivity index (χ4v) is 3.22. The molecule has 1 aliphatic carbocycles. The lowest BCUT2D eigenvalue weighted by Gasteiger charge is -2.26. The summed E-state index contributed by atoms with van der Waals surface area (Å²) < 4.78 is 26.9. The van der Waals surface area contributed by atoms with Crippen molar-refractivity contribution in [3.05, 3.63) is 35.5 Å². The lowest BCUT2D eigenvalue weighted by atomic mass is 9.80. The molecule has 1 aromatic carbocycles. The number of rotatable bonds is 2. The molecule has 0 radical (unpaired) electrons. The fraction of sp³-hybridized carbons (Fsp3) is 0.438. The van der Waals surface area contributed by atoms with E-state index in [1.165, 1.54) is 12.1 Å². The molecule has 5 heteroatoms. The molecule has 1 heterocycles. The van der Waals surface area contributed by atoms with E-state index in [9.17, 15) is 8.78 Å². The van der Waals surface area contributed by atoms with Crippen molar-refractivity contribution in [3.8, 4) is 11.1 Å². The van der Waals surface area contributed by atoms with E-state index in [1.807, 2.05) is 0 Å². The SMILES string of the molecule is CC1CCC(c2[nH]nc(N)c2-c2cc(F)cc(F)c2)CC1. The molecule has 3 rings (SSSR count). The second-order valence-corrected chi connectivity index (χ2v) is 6.01. The molecular formula is C16H19F2N3. The molecule has 1 aliphatic rings. The molecule has 0 amide bonds. The number of aromatic nitrogens is 2. The van der Waals surface area contributed by atoms with Crippen LogP contribution in [0.4, 0.5) is 14.6 Å². The number of H-pyrrole nitrogens is 1. The van der Waals surface area contributed by atoms with Crippen molar-refractivity contribution in [2.75, 3.05) is 5.73 Å². The maximum Gasteiger partial charge on any atom is 0.153 e. The fourth-order valence-electron chi connectivity index (χ4n) is 3.22. The number of nitrogens with one attached hydrogen (secondary N) is 1. The minimum Gasteiger partial charge on any atom is -0.382 e. The van der Waals surface area contributed by atoms with Crippen molar-refractivity contribution in [3.63, 3.8) is 0 Å². The molecule has 0 unspecified atom stereocenters. The number of halogens is 2. The zero-order valence-corrected chi connectivity index (χ0v) is 12.0. The molecule has 0 aliphatic heterocycles. The van der Waals surface area contributed by atoms with Gasteiger partial charge >= 0.3 is 0 Å². The Bertz CT molecular complexity index is 623. The predicted molar refractivity (Wildman–Crippen MR) is 78.7 cm³/mol. The van der Waals surface area contributed by atoms with E-state index in [0.29, 0.717) is 22.9 Å². The van der Waals surface area contributed by atoms with E-state index in [2.05, 4.69) is 17.1 Å². The van der Waals surface area contributed by atoms with Crippen LogP contribution in [0.3, 0.4) is 0 Å². The van der Waals surface area contributed by atoms with Gasteiger partial charge in [-0.2, -0.15) is 5.10 Å². The summed E-state index contributed by atoms with van der Waals surface area (Å²) in [7, 11) is 0. The average Bonchev–Trinajstić information content (AvgIpc) is 2.80. The summed E-state index contributed by atoms with van der Waals surface area (Å²) in [4.78, 5) is 0. The summed E-state index contributed by atoms with van der Waals surface area (Å²) in [6, 6.07) is 3.47. The lowest BCUT2D eigenvalue weighted by molar-refractivity contribution is 0.344. The van der Waals surface area contributed by atoms with Crippen LogP contribution in [0.5, 0.6) is 0 Å². The van der Waals surface area contributed by atoms with Crippen LogP contribution in [-0.2, 0) is 0 Å². The highest BCUT2D eigenvalue weighted by atomic mass is 19.1. The molecule has 0 saturated heterocycles. The Hall–Kier alpha value is -1.91. The Balaban J connectivity index is 2.00. The highest BCUT2D eigenvalue weighted by Gasteiger charge is 2.25. The van der Waals surface area contributed by atoms with Gasteiger partial charge in [-0.1, -0.05) is 19.8 Å². The second-order valence-electron chi connectivity index (χ2n) is 6.01. The van der Waals surface area contributed by atoms with Crippen LogP contribution in [-0.4, -0.2) is 10.2 Å². The van der Waals surface area contributed by atoms with Gasteiger partial charge < -0.3 is 5.73 Å². The van der Waals surface area contributed by atoms with Gasteiger partial charge in [0.25, 0.3) is 0 Å². The molecule has 1 fully saturated rings. The molecule has 0 spiro atoms. The first-order chi connectivity index (χ1) is 10.0. The third-order valence-corrected chi connectivity index (χ3v) is 4.40. The van der Waals surface area contributed by atoms with Crippen molar-refractivity contribution >= 4 is 5.82 Å². The first-order valence-electron chi connectivity index (χ1n) is 7.34. The quantitative estimate of drug-likeness (QED) is 0.870. The van der Waals surface area contributed by atoms with Crippen molar-refractivity contribution in [1.29, 1.82) is 0 Å². The maximum absolute atomic E-state index is 13.5. The van der Waals surface area contributed by atoms with Gasteiger partial charge in [0, 0.05) is 23.2 Å². The van der Waals surface area contributed by atoms with Crippen LogP contribution < -0.4 is 5.73 Å². The molecule has 1 aromatic heterocycles. The smallest absolute Gasteiger partial charge is 0.153 e. The van der Waals surface area contributed by atoms with Gasteiger partial charge in [-0.15, -0.1) is 0 Å². The molecule has 3 nitrogen and oxygen atoms in total. The Kier molecular flexibility index (Phi) is 3.66. The molecular weight excluding hydrogens is 272 g/mol. The Morgan fingerprint density at radius 1 is 1.10 bits per heavy atom. The van der Waals surface area contributed by atoms with Crippen LogP contribution >= 0.6 is 0 Å². The normalized spacial score (nSPS) is 22.4. The maximum atomic E-state index is 13.5. The average molecular weight is 291 g/mol. The van der Waals surface area contributed by atoms with Crippen LogP contribution in [0.25, 0.3) is 11.1 Å². The van der Waals surface area contributed by atoms with E-state index in [0.717, 1.165) is 43.4 Å². The van der Waals surface area contributed by atoms with Crippen LogP contribution in [0, 0.1) is 17.6 Å². The molecule has 21 heavy (non-hydrogen) atoms. The molecule has 112 valence electrons. The van der Waals surface area contributed by atoms with E-state index in [1.54, 1.807) is 0 Å². The minimum absolute atomic E-state index is 0.300. The van der Waals surface area contributed by atoms with E-state index in [4.69, 9.17) is 5.73 Å². The van der Waals surface area contributed by atoms with Crippen LogP contribution in [0.1, 0.15) is 44.2 Å². The van der Waals surface area contributed by atoms with Gasteiger partial charge in [0.05, 0.1) is 0 Å². The number of nitrogen functional groups attached to an aromatic ring is 1. The minimum atomic E-state index is -0.603. The van der Waals surface area contributed by atoms with Crippen molar-refractivity contribution in [2.45, 2.75) is 38.5 Å². The Morgan fingerprint density at radius 2 is 1.71 bits per heavy atom. The largest absolute Gasteiger partial charge is 0.382 e. The summed E-state index contributed by atoms with van der Waals surface area (Å²) >= 11 is 0. The third kappa shape index (κ3) is 2.77. The van der Waals surface area contributed by atoms with Gasteiger partial charge in [-0.05, 0) is 36.5 Å². The molecule has 3 N–H and O–H groups in total. The van der Waals surface area contributed by atoms with Gasteiger partial charge in [-0.3, -0.25) is 5.10 Å². The zero-order valence-electron chi connectivity index (χ0n) is 12.0. The first-order valence-corrected chi connectivity index (χ1v) is 7.34. The molecule has 0 atom stereocenters. The van der Waals surface area contributed by atoms with Gasteiger partial charge in [-0.25, -0.2) is 8.78 Å². The Labute approximate surface area is 122 Å². The molecule has 2 aromatic rings. The second kappa shape index (κ2) is 5.47. The lowest BCUT2D eigenvalue weighted by Crippen LogP contribution is -2.12. The monoisotopic (exact) mass is 291 g/mol. The summed E-state index contributed by atoms with van der Waals surface area (Å²) in [6.45, 7) is 2.25. The summed E-state index contributed by atoms with van der Waals surface area (Å²) in [5.74, 6) is 0.153. The topological polar surface area (TPSA) is 54.7 Å². The number of aromatic amines is 1. The highest BCUT2D eigenvalue weighted by Crippen LogP contribution is 2.40.